The first-order valence-corrected chi connectivity index (χ1v) is 9.72. The van der Waals surface area contributed by atoms with Gasteiger partial charge in [-0.2, -0.15) is 0 Å². The summed E-state index contributed by atoms with van der Waals surface area (Å²) in [5.74, 6) is -2.47. The molecule has 0 aromatic carbocycles. The average Bonchev–Trinajstić information content (AvgIpc) is 2.54. The summed E-state index contributed by atoms with van der Waals surface area (Å²) in [5.41, 5.74) is 0. The van der Waals surface area contributed by atoms with Gasteiger partial charge in [-0.1, -0.05) is 77.6 Å². The summed E-state index contributed by atoms with van der Waals surface area (Å²) in [5, 5.41) is 24.1. The number of aliphatic carboxylic acids is 2. The van der Waals surface area contributed by atoms with E-state index in [9.17, 15) is 19.8 Å². The summed E-state index contributed by atoms with van der Waals surface area (Å²) in [6, 6.07) is -0.893. The van der Waals surface area contributed by atoms with Crippen LogP contribution in [-0.4, -0.2) is 24.5 Å². The van der Waals surface area contributed by atoms with Crippen LogP contribution in [0.4, 0.5) is 0 Å². The van der Waals surface area contributed by atoms with Crippen LogP contribution in [0.5, 0.6) is 0 Å². The molecule has 0 spiro atoms. The number of hydrogen-bond acceptors (Lipinski definition) is 5. The van der Waals surface area contributed by atoms with E-state index in [1.54, 1.807) is 0 Å². The minimum atomic E-state index is -1.24. The van der Waals surface area contributed by atoms with Crippen LogP contribution in [0.3, 0.4) is 0 Å². The molecule has 0 aliphatic heterocycles. The van der Waals surface area contributed by atoms with E-state index >= 15 is 0 Å². The molecule has 0 bridgehead atoms. The van der Waals surface area contributed by atoms with Crippen LogP contribution in [-0.2, 0) is 9.59 Å². The first-order valence-electron chi connectivity index (χ1n) is 9.72. The van der Waals surface area contributed by atoms with Crippen molar-refractivity contribution in [1.29, 1.82) is 0 Å². The van der Waals surface area contributed by atoms with Crippen LogP contribution in [0, 0.1) is 0 Å². The Balaban J connectivity index is -0.00000264. The molecule has 0 saturated carbocycles. The van der Waals surface area contributed by atoms with Gasteiger partial charge in [-0.3, -0.25) is 0 Å². The Morgan fingerprint density at radius 2 is 1.19 bits per heavy atom. The number of carboxylic acids is 2. The summed E-state index contributed by atoms with van der Waals surface area (Å²) < 4.78 is 0. The third-order valence-corrected chi connectivity index (χ3v) is 4.34. The first kappa shape index (κ1) is 32.8. The monoisotopic (exact) mass is 419 g/mol. The number of carbonyl (C=O) groups is 2. The third-order valence-electron chi connectivity index (χ3n) is 4.34. The number of nitrogens with one attached hydrogen (secondary N) is 1. The molecular formula is C19H35K2NO4. The van der Waals surface area contributed by atoms with Crippen molar-refractivity contribution in [2.45, 2.75) is 103 Å². The van der Waals surface area contributed by atoms with Crippen LogP contribution in [0.15, 0.2) is 0 Å². The van der Waals surface area contributed by atoms with Crippen LogP contribution < -0.4 is 118 Å². The molecule has 0 aliphatic carbocycles. The molecule has 0 aromatic heterocycles. The molecule has 26 heavy (non-hydrogen) atoms. The van der Waals surface area contributed by atoms with Crippen molar-refractivity contribution < 1.29 is 123 Å². The van der Waals surface area contributed by atoms with Gasteiger partial charge < -0.3 is 25.1 Å². The standard InChI is InChI=1S/C19H37NO4.2K/c1-2-3-4-5-6-7-8-9-10-11-12-13-16-20-17(19(23)24)14-15-18(21)22;;/h17,20H,2-16H2,1H3,(H,21,22)(H,23,24);;/q;2*+1/p-2/t17-;;/m0../s1. The van der Waals surface area contributed by atoms with Gasteiger partial charge in [0, 0.05) is 12.0 Å². The zero-order chi connectivity index (χ0) is 18.0. The van der Waals surface area contributed by atoms with E-state index in [1.165, 1.54) is 64.2 Å². The van der Waals surface area contributed by atoms with E-state index in [-0.39, 0.29) is 116 Å². The predicted octanol–water partition coefficient (Wildman–Crippen LogP) is -4.07. The van der Waals surface area contributed by atoms with Gasteiger partial charge >= 0.3 is 103 Å². The molecule has 1 atom stereocenters. The number of unbranched alkanes of at least 4 members (excludes halogenated alkanes) is 11. The second kappa shape index (κ2) is 25.2. The van der Waals surface area contributed by atoms with Crippen molar-refractivity contribution in [2.75, 3.05) is 6.54 Å². The largest absolute Gasteiger partial charge is 1.00 e. The fourth-order valence-corrected chi connectivity index (χ4v) is 2.81. The Kier molecular flexibility index (Phi) is 31.8. The van der Waals surface area contributed by atoms with E-state index in [0.29, 0.717) is 6.54 Å². The van der Waals surface area contributed by atoms with Crippen LogP contribution in [0.1, 0.15) is 96.8 Å². The molecule has 0 aromatic rings. The topological polar surface area (TPSA) is 92.3 Å². The van der Waals surface area contributed by atoms with Gasteiger partial charge in [-0.25, -0.2) is 0 Å². The summed E-state index contributed by atoms with van der Waals surface area (Å²) >= 11 is 0. The van der Waals surface area contributed by atoms with Crippen LogP contribution in [0.2, 0.25) is 0 Å². The van der Waals surface area contributed by atoms with Gasteiger partial charge in [0.25, 0.3) is 0 Å². The van der Waals surface area contributed by atoms with E-state index in [4.69, 9.17) is 0 Å². The van der Waals surface area contributed by atoms with Crippen molar-refractivity contribution in [1.82, 2.24) is 5.32 Å². The maximum Gasteiger partial charge on any atom is 1.00 e. The van der Waals surface area contributed by atoms with Crippen molar-refractivity contribution in [2.24, 2.45) is 0 Å². The Morgan fingerprint density at radius 3 is 1.58 bits per heavy atom. The molecule has 5 nitrogen and oxygen atoms in total. The Morgan fingerprint density at radius 1 is 0.769 bits per heavy atom. The quantitative estimate of drug-likeness (QED) is 0.180. The number of carboxylic acid groups (broad SMARTS) is 2. The van der Waals surface area contributed by atoms with Gasteiger partial charge in [0.15, 0.2) is 0 Å². The molecule has 7 heteroatoms. The SMILES string of the molecule is CCCCCCCCCCCCCCN[C@@H](CCC(=O)[O-])C(=O)[O-].[K+].[K+]. The molecule has 0 unspecified atom stereocenters. The van der Waals surface area contributed by atoms with Gasteiger partial charge in [0.1, 0.15) is 0 Å². The molecule has 1 N–H and O–H groups in total. The number of hydrogen-bond donors (Lipinski definition) is 1. The summed E-state index contributed by atoms with van der Waals surface area (Å²) in [4.78, 5) is 21.2. The second-order valence-corrected chi connectivity index (χ2v) is 6.63. The molecule has 142 valence electrons. The van der Waals surface area contributed by atoms with Gasteiger partial charge in [0.05, 0.1) is 5.97 Å². The van der Waals surface area contributed by atoms with Crippen molar-refractivity contribution in [3.8, 4) is 0 Å². The van der Waals surface area contributed by atoms with E-state index in [2.05, 4.69) is 12.2 Å². The minimum Gasteiger partial charge on any atom is -0.550 e. The number of rotatable bonds is 18. The zero-order valence-corrected chi connectivity index (χ0v) is 23.6. The van der Waals surface area contributed by atoms with E-state index < -0.39 is 18.0 Å². The van der Waals surface area contributed by atoms with Gasteiger partial charge in [-0.15, -0.1) is 0 Å². The van der Waals surface area contributed by atoms with E-state index in [1.807, 2.05) is 0 Å². The molecular weight excluding hydrogens is 384 g/mol. The molecule has 0 fully saturated rings. The number of carbonyl (C=O) groups excluding carboxylic acids is 2. The predicted molar refractivity (Wildman–Crippen MR) is 92.1 cm³/mol. The Bertz CT molecular complexity index is 331. The maximum atomic E-state index is 10.9. The fraction of sp³-hybridized carbons (Fsp3) is 0.895. The first-order chi connectivity index (χ1) is 11.6. The molecule has 0 heterocycles. The normalized spacial score (nSPS) is 11.3. The zero-order valence-electron chi connectivity index (χ0n) is 17.3. The molecule has 0 radical (unpaired) electrons. The summed E-state index contributed by atoms with van der Waals surface area (Å²) in [7, 11) is 0. The minimum absolute atomic E-state index is 0. The second-order valence-electron chi connectivity index (χ2n) is 6.63. The third kappa shape index (κ3) is 24.2. The fourth-order valence-electron chi connectivity index (χ4n) is 2.81. The maximum absolute atomic E-state index is 10.9. The Labute approximate surface area is 245 Å². The van der Waals surface area contributed by atoms with E-state index in [0.717, 1.165) is 12.8 Å². The van der Waals surface area contributed by atoms with Gasteiger partial charge in [0.2, 0.25) is 0 Å². The smallest absolute Gasteiger partial charge is 0.550 e. The van der Waals surface area contributed by atoms with Crippen LogP contribution >= 0.6 is 0 Å². The summed E-state index contributed by atoms with van der Waals surface area (Å²) in [6.45, 7) is 2.82. The molecule has 0 rings (SSSR count). The van der Waals surface area contributed by atoms with Gasteiger partial charge in [-0.05, 0) is 25.8 Å². The molecule has 0 aliphatic rings. The molecule has 0 amide bonds. The Hall–Kier alpha value is 2.17. The van der Waals surface area contributed by atoms with Crippen molar-refractivity contribution in [3.63, 3.8) is 0 Å². The van der Waals surface area contributed by atoms with Crippen LogP contribution in [0.25, 0.3) is 0 Å². The summed E-state index contributed by atoms with van der Waals surface area (Å²) in [6.07, 6.45) is 14.9. The molecule has 0 saturated heterocycles. The van der Waals surface area contributed by atoms with Crippen molar-refractivity contribution in [3.05, 3.63) is 0 Å². The average molecular weight is 420 g/mol. The van der Waals surface area contributed by atoms with Crippen molar-refractivity contribution >= 4 is 11.9 Å².